The van der Waals surface area contributed by atoms with Crippen LogP contribution in [0.3, 0.4) is 0 Å². The lowest BCUT2D eigenvalue weighted by atomic mass is 10.3. The summed E-state index contributed by atoms with van der Waals surface area (Å²) in [5.41, 5.74) is 0. The molecule has 31 heavy (non-hydrogen) atoms. The van der Waals surface area contributed by atoms with E-state index in [1.54, 1.807) is 36.4 Å². The van der Waals surface area contributed by atoms with Gasteiger partial charge in [-0.3, -0.25) is 0 Å². The van der Waals surface area contributed by atoms with Gasteiger partial charge in [0.1, 0.15) is 13.2 Å². The van der Waals surface area contributed by atoms with Crippen LogP contribution in [0, 0.1) is 0 Å². The van der Waals surface area contributed by atoms with Crippen LogP contribution in [0.4, 0.5) is 0 Å². The summed E-state index contributed by atoms with van der Waals surface area (Å²) in [6.07, 6.45) is 1.76. The zero-order chi connectivity index (χ0) is 21.8. The fourth-order valence-electron chi connectivity index (χ4n) is 2.77. The maximum atomic E-state index is 13.7. The first-order valence-corrected chi connectivity index (χ1v) is 12.1. The second kappa shape index (κ2) is 12.6. The number of hydrogen-bond donors (Lipinski definition) is 1. The number of benzene rings is 2. The first kappa shape index (κ1) is 23.4. The first-order chi connectivity index (χ1) is 15.2. The smallest absolute Gasteiger partial charge is 0.487 e. The average molecular weight is 451 g/mol. The highest BCUT2D eigenvalue weighted by Gasteiger charge is 2.30. The SMILES string of the molecule is CCCCNP1(=O)Oc2ccccc2OCCOCCOCCOc2ccccc2O1. The topological polar surface area (TPSA) is 84.5 Å². The fourth-order valence-corrected chi connectivity index (χ4v) is 4.19. The molecule has 2 aromatic carbocycles. The number of unbranched alkanes of at least 4 members (excludes halogenated alkanes) is 1. The zero-order valence-corrected chi connectivity index (χ0v) is 18.7. The summed E-state index contributed by atoms with van der Waals surface area (Å²) in [6, 6.07) is 14.1. The maximum absolute atomic E-state index is 13.7. The van der Waals surface area contributed by atoms with Crippen LogP contribution >= 0.6 is 7.75 Å². The lowest BCUT2D eigenvalue weighted by Gasteiger charge is -2.22. The molecule has 0 bridgehead atoms. The molecule has 0 saturated heterocycles. The van der Waals surface area contributed by atoms with E-state index in [1.807, 2.05) is 12.1 Å². The molecule has 0 radical (unpaired) electrons. The van der Waals surface area contributed by atoms with E-state index in [0.717, 1.165) is 12.8 Å². The Morgan fingerprint density at radius 1 is 0.742 bits per heavy atom. The molecule has 9 heteroatoms. The molecular formula is C22H30NO7P. The molecule has 0 aromatic heterocycles. The maximum Gasteiger partial charge on any atom is 0.513 e. The van der Waals surface area contributed by atoms with Gasteiger partial charge in [0.2, 0.25) is 0 Å². The van der Waals surface area contributed by atoms with Crippen molar-refractivity contribution in [2.24, 2.45) is 0 Å². The van der Waals surface area contributed by atoms with Crippen molar-refractivity contribution in [1.82, 2.24) is 5.09 Å². The van der Waals surface area contributed by atoms with Gasteiger partial charge in [0.05, 0.1) is 26.4 Å². The fraction of sp³-hybridized carbons (Fsp3) is 0.455. The predicted molar refractivity (Wildman–Crippen MR) is 117 cm³/mol. The number of ether oxygens (including phenoxy) is 4. The van der Waals surface area contributed by atoms with Gasteiger partial charge in [0, 0.05) is 6.54 Å². The zero-order valence-electron chi connectivity index (χ0n) is 17.8. The van der Waals surface area contributed by atoms with Crippen LogP contribution in [0.5, 0.6) is 23.0 Å². The van der Waals surface area contributed by atoms with E-state index < -0.39 is 7.75 Å². The standard InChI is InChI=1S/C22H30NO7P/c1-2-3-12-23-31(24)29-21-10-6-4-8-19(21)27-17-15-25-13-14-26-16-18-28-20-9-5-7-11-22(20)30-31/h4-11H,2-3,12-18H2,1H3,(H,23,24). The molecule has 1 heterocycles. The van der Waals surface area contributed by atoms with E-state index in [0.29, 0.717) is 69.2 Å². The van der Waals surface area contributed by atoms with Gasteiger partial charge < -0.3 is 28.0 Å². The van der Waals surface area contributed by atoms with Gasteiger partial charge in [0.15, 0.2) is 23.0 Å². The van der Waals surface area contributed by atoms with Gasteiger partial charge in [0.25, 0.3) is 0 Å². The van der Waals surface area contributed by atoms with Gasteiger partial charge >= 0.3 is 7.75 Å². The Morgan fingerprint density at radius 2 is 1.19 bits per heavy atom. The summed E-state index contributed by atoms with van der Waals surface area (Å²) in [5.74, 6) is 1.55. The van der Waals surface area contributed by atoms with Gasteiger partial charge in [-0.05, 0) is 30.7 Å². The summed E-state index contributed by atoms with van der Waals surface area (Å²) in [7, 11) is -3.79. The Morgan fingerprint density at radius 3 is 1.68 bits per heavy atom. The van der Waals surface area contributed by atoms with Crippen molar-refractivity contribution < 1.29 is 32.6 Å². The van der Waals surface area contributed by atoms with Crippen molar-refractivity contribution in [3.8, 4) is 23.0 Å². The van der Waals surface area contributed by atoms with Crippen LogP contribution in [0.25, 0.3) is 0 Å². The molecule has 3 rings (SSSR count). The van der Waals surface area contributed by atoms with Crippen LogP contribution in [0.2, 0.25) is 0 Å². The summed E-state index contributed by atoms with van der Waals surface area (Å²) in [4.78, 5) is 0. The molecule has 0 spiro atoms. The van der Waals surface area contributed by atoms with Crippen molar-refractivity contribution in [1.29, 1.82) is 0 Å². The minimum absolute atomic E-state index is 0.320. The molecule has 0 unspecified atom stereocenters. The molecule has 0 fully saturated rings. The van der Waals surface area contributed by atoms with Crippen LogP contribution in [0.15, 0.2) is 48.5 Å². The molecular weight excluding hydrogens is 421 g/mol. The van der Waals surface area contributed by atoms with Gasteiger partial charge in [-0.1, -0.05) is 37.6 Å². The highest BCUT2D eigenvalue weighted by molar-refractivity contribution is 7.52. The molecule has 2 aromatic rings. The first-order valence-electron chi connectivity index (χ1n) is 10.5. The van der Waals surface area contributed by atoms with Crippen molar-refractivity contribution in [2.45, 2.75) is 19.8 Å². The lowest BCUT2D eigenvalue weighted by Crippen LogP contribution is -2.20. The van der Waals surface area contributed by atoms with Crippen molar-refractivity contribution in [3.05, 3.63) is 48.5 Å². The molecule has 170 valence electrons. The Hall–Kier alpha value is -2.25. The molecule has 0 aliphatic carbocycles. The molecule has 0 atom stereocenters. The summed E-state index contributed by atoms with van der Waals surface area (Å²) in [5, 5.41) is 2.94. The average Bonchev–Trinajstić information content (AvgIpc) is 2.77. The monoisotopic (exact) mass is 451 g/mol. The molecule has 0 amide bonds. The second-order valence-corrected chi connectivity index (χ2v) is 8.43. The lowest BCUT2D eigenvalue weighted by molar-refractivity contribution is 0.0272. The van der Waals surface area contributed by atoms with Crippen LogP contribution in [-0.4, -0.2) is 46.2 Å². The highest BCUT2D eigenvalue weighted by atomic mass is 31.2. The van der Waals surface area contributed by atoms with Crippen molar-refractivity contribution in [2.75, 3.05) is 46.2 Å². The minimum atomic E-state index is -3.79. The molecule has 0 saturated carbocycles. The van der Waals surface area contributed by atoms with Gasteiger partial charge in [-0.25, -0.2) is 9.65 Å². The van der Waals surface area contributed by atoms with E-state index in [4.69, 9.17) is 28.0 Å². The Balaban J connectivity index is 1.87. The van der Waals surface area contributed by atoms with E-state index in [-0.39, 0.29) is 0 Å². The number of fused-ring (bicyclic) bond motifs is 2. The number of hydrogen-bond acceptors (Lipinski definition) is 7. The molecule has 1 aliphatic rings. The number of nitrogens with one attached hydrogen (secondary N) is 1. The normalized spacial score (nSPS) is 17.5. The highest BCUT2D eigenvalue weighted by Crippen LogP contribution is 2.49. The quantitative estimate of drug-likeness (QED) is 0.539. The largest absolute Gasteiger partial charge is 0.513 e. The number of rotatable bonds is 4. The molecule has 8 nitrogen and oxygen atoms in total. The van der Waals surface area contributed by atoms with Crippen LogP contribution < -0.4 is 23.6 Å². The summed E-state index contributed by atoms with van der Waals surface area (Å²) >= 11 is 0. The second-order valence-electron chi connectivity index (χ2n) is 6.76. The summed E-state index contributed by atoms with van der Waals surface area (Å²) in [6.45, 7) is 4.86. The van der Waals surface area contributed by atoms with E-state index in [2.05, 4.69) is 12.0 Å². The van der Waals surface area contributed by atoms with Crippen LogP contribution in [-0.2, 0) is 14.0 Å². The predicted octanol–water partition coefficient (Wildman–Crippen LogP) is 4.45. The molecule has 1 N–H and O–H groups in total. The Bertz CT molecular complexity index is 787. The Labute approximate surface area is 183 Å². The van der Waals surface area contributed by atoms with Crippen molar-refractivity contribution >= 4 is 7.75 Å². The summed E-state index contributed by atoms with van der Waals surface area (Å²) < 4.78 is 48.1. The van der Waals surface area contributed by atoms with Gasteiger partial charge in [-0.15, -0.1) is 0 Å². The number of para-hydroxylation sites is 4. The minimum Gasteiger partial charge on any atom is -0.487 e. The Kier molecular flexibility index (Phi) is 9.49. The van der Waals surface area contributed by atoms with Crippen molar-refractivity contribution in [3.63, 3.8) is 0 Å². The third-order valence-electron chi connectivity index (χ3n) is 4.31. The van der Waals surface area contributed by atoms with E-state index in [1.165, 1.54) is 0 Å². The third kappa shape index (κ3) is 7.74. The van der Waals surface area contributed by atoms with E-state index in [9.17, 15) is 4.57 Å². The third-order valence-corrected chi connectivity index (χ3v) is 5.80. The van der Waals surface area contributed by atoms with E-state index >= 15 is 0 Å². The molecule has 1 aliphatic heterocycles. The van der Waals surface area contributed by atoms with Crippen LogP contribution in [0.1, 0.15) is 19.8 Å². The van der Waals surface area contributed by atoms with Gasteiger partial charge in [-0.2, -0.15) is 0 Å².